The lowest BCUT2D eigenvalue weighted by Crippen LogP contribution is -2.42. The zero-order valence-electron chi connectivity index (χ0n) is 12.8. The molecular formula is C17H23N3O. The monoisotopic (exact) mass is 285 g/mol. The van der Waals surface area contributed by atoms with Gasteiger partial charge in [-0.3, -0.25) is 0 Å². The quantitative estimate of drug-likeness (QED) is 0.939. The van der Waals surface area contributed by atoms with Crippen LogP contribution >= 0.6 is 0 Å². The Morgan fingerprint density at radius 3 is 2.62 bits per heavy atom. The van der Waals surface area contributed by atoms with E-state index in [1.807, 2.05) is 30.3 Å². The lowest BCUT2D eigenvalue weighted by atomic mass is 10.0. The molecule has 4 nitrogen and oxygen atoms in total. The Morgan fingerprint density at radius 2 is 1.95 bits per heavy atom. The average Bonchev–Trinajstić information content (AvgIpc) is 2.53. The van der Waals surface area contributed by atoms with E-state index >= 15 is 0 Å². The highest BCUT2D eigenvalue weighted by atomic mass is 16.3. The van der Waals surface area contributed by atoms with Crippen LogP contribution in [0.4, 0.5) is 5.82 Å². The summed E-state index contributed by atoms with van der Waals surface area (Å²) in [5, 5.41) is 10.7. The minimum atomic E-state index is 0.0597. The third-order valence-corrected chi connectivity index (χ3v) is 4.48. The van der Waals surface area contributed by atoms with Crippen molar-refractivity contribution in [2.75, 3.05) is 32.1 Å². The van der Waals surface area contributed by atoms with Crippen LogP contribution in [0.2, 0.25) is 0 Å². The SMILES string of the molecule is CN(C)C1CCN(c2cc(CO)c3ccccc3n2)CC1. The summed E-state index contributed by atoms with van der Waals surface area (Å²) in [6.07, 6.45) is 2.33. The predicted octanol–water partition coefficient (Wildman–Crippen LogP) is 2.26. The number of piperidine rings is 1. The van der Waals surface area contributed by atoms with Gasteiger partial charge in [-0.25, -0.2) is 4.98 Å². The van der Waals surface area contributed by atoms with Crippen molar-refractivity contribution >= 4 is 16.7 Å². The number of anilines is 1. The minimum Gasteiger partial charge on any atom is -0.392 e. The molecule has 1 fully saturated rings. The first-order valence-corrected chi connectivity index (χ1v) is 7.60. The van der Waals surface area contributed by atoms with E-state index in [0.717, 1.165) is 48.2 Å². The van der Waals surface area contributed by atoms with E-state index in [0.29, 0.717) is 6.04 Å². The number of rotatable bonds is 3. The molecule has 0 aliphatic carbocycles. The first-order chi connectivity index (χ1) is 10.2. The normalized spacial score (nSPS) is 16.9. The number of nitrogens with zero attached hydrogens (tertiary/aromatic N) is 3. The van der Waals surface area contributed by atoms with E-state index in [1.54, 1.807) is 0 Å². The van der Waals surface area contributed by atoms with Gasteiger partial charge in [-0.2, -0.15) is 0 Å². The van der Waals surface area contributed by atoms with Gasteiger partial charge in [0.05, 0.1) is 12.1 Å². The molecule has 4 heteroatoms. The average molecular weight is 285 g/mol. The maximum Gasteiger partial charge on any atom is 0.129 e. The summed E-state index contributed by atoms with van der Waals surface area (Å²) in [5.41, 5.74) is 1.93. The van der Waals surface area contributed by atoms with E-state index < -0.39 is 0 Å². The maximum atomic E-state index is 9.62. The largest absolute Gasteiger partial charge is 0.392 e. The van der Waals surface area contributed by atoms with Crippen molar-refractivity contribution in [3.8, 4) is 0 Å². The molecule has 0 atom stereocenters. The van der Waals surface area contributed by atoms with E-state index in [2.05, 4.69) is 23.9 Å². The Hall–Kier alpha value is -1.65. The highest BCUT2D eigenvalue weighted by molar-refractivity contribution is 5.84. The third-order valence-electron chi connectivity index (χ3n) is 4.48. The highest BCUT2D eigenvalue weighted by Crippen LogP contribution is 2.25. The molecule has 0 saturated carbocycles. The summed E-state index contributed by atoms with van der Waals surface area (Å²) in [7, 11) is 4.30. The molecule has 112 valence electrons. The van der Waals surface area contributed by atoms with Crippen LogP contribution in [0.25, 0.3) is 10.9 Å². The molecule has 1 aromatic carbocycles. The van der Waals surface area contributed by atoms with Crippen molar-refractivity contribution in [2.45, 2.75) is 25.5 Å². The summed E-state index contributed by atoms with van der Waals surface area (Å²) in [4.78, 5) is 9.43. The zero-order valence-corrected chi connectivity index (χ0v) is 12.8. The maximum absolute atomic E-state index is 9.62. The lowest BCUT2D eigenvalue weighted by Gasteiger charge is -2.36. The fraction of sp³-hybridized carbons (Fsp3) is 0.471. The zero-order chi connectivity index (χ0) is 14.8. The molecule has 21 heavy (non-hydrogen) atoms. The first-order valence-electron chi connectivity index (χ1n) is 7.60. The Kier molecular flexibility index (Phi) is 4.08. The molecule has 1 aliphatic rings. The second-order valence-electron chi connectivity index (χ2n) is 6.00. The number of para-hydroxylation sites is 1. The molecule has 0 spiro atoms. The van der Waals surface area contributed by atoms with Gasteiger partial charge in [-0.05, 0) is 44.6 Å². The standard InChI is InChI=1S/C17H23N3O/c1-19(2)14-7-9-20(10-8-14)17-11-13(12-21)15-5-3-4-6-16(15)18-17/h3-6,11,14,21H,7-10,12H2,1-2H3. The van der Waals surface area contributed by atoms with E-state index in [-0.39, 0.29) is 6.61 Å². The first kappa shape index (κ1) is 14.3. The number of hydrogen-bond donors (Lipinski definition) is 1. The third kappa shape index (κ3) is 2.87. The van der Waals surface area contributed by atoms with Crippen LogP contribution in [0.5, 0.6) is 0 Å². The number of aromatic nitrogens is 1. The molecule has 2 heterocycles. The van der Waals surface area contributed by atoms with Crippen LogP contribution in [-0.4, -0.2) is 48.2 Å². The second-order valence-corrected chi connectivity index (χ2v) is 6.00. The number of fused-ring (bicyclic) bond motifs is 1. The van der Waals surface area contributed by atoms with Gasteiger partial charge in [0.1, 0.15) is 5.82 Å². The van der Waals surface area contributed by atoms with Gasteiger partial charge in [0.2, 0.25) is 0 Å². The van der Waals surface area contributed by atoms with Crippen molar-refractivity contribution in [3.63, 3.8) is 0 Å². The molecule has 0 bridgehead atoms. The lowest BCUT2D eigenvalue weighted by molar-refractivity contribution is 0.249. The number of aliphatic hydroxyl groups is 1. The Labute approximate surface area is 126 Å². The van der Waals surface area contributed by atoms with Gasteiger partial charge < -0.3 is 14.9 Å². The van der Waals surface area contributed by atoms with Crippen molar-refractivity contribution < 1.29 is 5.11 Å². The van der Waals surface area contributed by atoms with Gasteiger partial charge in [0.15, 0.2) is 0 Å². The van der Waals surface area contributed by atoms with Crippen LogP contribution in [0, 0.1) is 0 Å². The van der Waals surface area contributed by atoms with Crippen molar-refractivity contribution in [2.24, 2.45) is 0 Å². The van der Waals surface area contributed by atoms with Gasteiger partial charge in [0, 0.05) is 24.5 Å². The summed E-state index contributed by atoms with van der Waals surface area (Å²) in [6, 6.07) is 10.7. The smallest absolute Gasteiger partial charge is 0.129 e. The van der Waals surface area contributed by atoms with Gasteiger partial charge in [-0.15, -0.1) is 0 Å². The van der Waals surface area contributed by atoms with E-state index in [4.69, 9.17) is 4.98 Å². The molecule has 2 aromatic rings. The van der Waals surface area contributed by atoms with Crippen LogP contribution in [0.1, 0.15) is 18.4 Å². The molecule has 0 radical (unpaired) electrons. The molecule has 1 N–H and O–H groups in total. The molecule has 3 rings (SSSR count). The van der Waals surface area contributed by atoms with Crippen molar-refractivity contribution in [1.29, 1.82) is 0 Å². The Balaban J connectivity index is 1.88. The summed E-state index contributed by atoms with van der Waals surface area (Å²) in [5.74, 6) is 0.995. The number of pyridine rings is 1. The molecule has 0 unspecified atom stereocenters. The molecule has 0 amide bonds. The molecule has 1 aromatic heterocycles. The fourth-order valence-electron chi connectivity index (χ4n) is 3.14. The Morgan fingerprint density at radius 1 is 1.24 bits per heavy atom. The van der Waals surface area contributed by atoms with Gasteiger partial charge >= 0.3 is 0 Å². The summed E-state index contributed by atoms with van der Waals surface area (Å²) >= 11 is 0. The summed E-state index contributed by atoms with van der Waals surface area (Å²) in [6.45, 7) is 2.11. The fourth-order valence-corrected chi connectivity index (χ4v) is 3.14. The van der Waals surface area contributed by atoms with Gasteiger partial charge in [-0.1, -0.05) is 18.2 Å². The number of aliphatic hydroxyl groups excluding tert-OH is 1. The van der Waals surface area contributed by atoms with E-state index in [1.165, 1.54) is 0 Å². The van der Waals surface area contributed by atoms with Crippen LogP contribution in [-0.2, 0) is 6.61 Å². The van der Waals surface area contributed by atoms with Crippen LogP contribution < -0.4 is 4.90 Å². The van der Waals surface area contributed by atoms with E-state index in [9.17, 15) is 5.11 Å². The number of hydrogen-bond acceptors (Lipinski definition) is 4. The van der Waals surface area contributed by atoms with Crippen molar-refractivity contribution in [3.05, 3.63) is 35.9 Å². The topological polar surface area (TPSA) is 39.6 Å². The van der Waals surface area contributed by atoms with Crippen LogP contribution in [0.15, 0.2) is 30.3 Å². The molecule has 1 saturated heterocycles. The molecular weight excluding hydrogens is 262 g/mol. The highest BCUT2D eigenvalue weighted by Gasteiger charge is 2.22. The predicted molar refractivity (Wildman–Crippen MR) is 86.6 cm³/mol. The second kappa shape index (κ2) is 6.00. The van der Waals surface area contributed by atoms with Gasteiger partial charge in [0.25, 0.3) is 0 Å². The summed E-state index contributed by atoms with van der Waals surface area (Å²) < 4.78 is 0. The molecule has 1 aliphatic heterocycles. The van der Waals surface area contributed by atoms with Crippen LogP contribution in [0.3, 0.4) is 0 Å². The Bertz CT molecular complexity index is 618. The minimum absolute atomic E-state index is 0.0597. The number of benzene rings is 1. The van der Waals surface area contributed by atoms with Crippen molar-refractivity contribution in [1.82, 2.24) is 9.88 Å².